The summed E-state index contributed by atoms with van der Waals surface area (Å²) in [5, 5.41) is 13.5. The van der Waals surface area contributed by atoms with Gasteiger partial charge in [0.2, 0.25) is 5.91 Å². The van der Waals surface area contributed by atoms with E-state index in [1.807, 2.05) is 31.2 Å². The molecule has 24 heavy (non-hydrogen) atoms. The van der Waals surface area contributed by atoms with Gasteiger partial charge in [0.05, 0.1) is 0 Å². The lowest BCUT2D eigenvalue weighted by Gasteiger charge is -2.31. The minimum Gasteiger partial charge on any atom is -0.326 e. The van der Waals surface area contributed by atoms with Gasteiger partial charge in [-0.2, -0.15) is 5.10 Å². The van der Waals surface area contributed by atoms with Crippen molar-refractivity contribution in [2.45, 2.75) is 25.7 Å². The van der Waals surface area contributed by atoms with Crippen LogP contribution in [0.1, 0.15) is 31.5 Å². The molecule has 4 rings (SSSR count). The van der Waals surface area contributed by atoms with E-state index in [-0.39, 0.29) is 24.2 Å². The first-order valence-electron chi connectivity index (χ1n) is 8.25. The molecule has 2 fully saturated rings. The number of hydrogen-bond acceptors (Lipinski definition) is 4. The summed E-state index contributed by atoms with van der Waals surface area (Å²) in [6.07, 6.45) is 2.39. The molecule has 1 aliphatic carbocycles. The molecular weight excluding hydrogens is 326 g/mol. The van der Waals surface area contributed by atoms with Crippen molar-refractivity contribution in [1.29, 1.82) is 0 Å². The van der Waals surface area contributed by atoms with Gasteiger partial charge in [-0.25, -0.2) is 4.98 Å². The van der Waals surface area contributed by atoms with Crippen molar-refractivity contribution >= 4 is 24.0 Å². The second-order valence-corrected chi connectivity index (χ2v) is 6.60. The molecule has 2 heterocycles. The number of amides is 1. The van der Waals surface area contributed by atoms with Crippen LogP contribution in [0.15, 0.2) is 24.3 Å². The van der Waals surface area contributed by atoms with Gasteiger partial charge in [0.25, 0.3) is 0 Å². The lowest BCUT2D eigenvalue weighted by atomic mass is 9.88. The molecule has 128 valence electrons. The van der Waals surface area contributed by atoms with Gasteiger partial charge in [-0.3, -0.25) is 9.89 Å². The normalized spacial score (nSPS) is 18.4. The van der Waals surface area contributed by atoms with E-state index in [2.05, 4.69) is 25.8 Å². The van der Waals surface area contributed by atoms with Crippen molar-refractivity contribution < 1.29 is 4.79 Å². The SMILES string of the molecule is CC(C(=O)Nc1cccc(-c2n[nH]c(C3CC3)n2)c1)C1CNC1.Cl. The zero-order valence-corrected chi connectivity index (χ0v) is 14.4. The summed E-state index contributed by atoms with van der Waals surface area (Å²) >= 11 is 0. The Bertz CT molecular complexity index is 723. The fourth-order valence-electron chi connectivity index (χ4n) is 2.81. The number of nitrogens with zero attached hydrogens (tertiary/aromatic N) is 2. The van der Waals surface area contributed by atoms with Crippen LogP contribution in [0.4, 0.5) is 5.69 Å². The number of carbonyl (C=O) groups excluding carboxylic acids is 1. The third-order valence-electron chi connectivity index (χ3n) is 4.79. The predicted molar refractivity (Wildman–Crippen MR) is 95.2 cm³/mol. The smallest absolute Gasteiger partial charge is 0.227 e. The highest BCUT2D eigenvalue weighted by atomic mass is 35.5. The average Bonchev–Trinajstić information content (AvgIpc) is 3.23. The van der Waals surface area contributed by atoms with Crippen molar-refractivity contribution in [3.05, 3.63) is 30.1 Å². The van der Waals surface area contributed by atoms with E-state index in [0.29, 0.717) is 17.7 Å². The summed E-state index contributed by atoms with van der Waals surface area (Å²) < 4.78 is 0. The van der Waals surface area contributed by atoms with Gasteiger partial charge in [-0.05, 0) is 44.0 Å². The van der Waals surface area contributed by atoms with Crippen molar-refractivity contribution in [3.63, 3.8) is 0 Å². The topological polar surface area (TPSA) is 82.7 Å². The van der Waals surface area contributed by atoms with Crippen LogP contribution >= 0.6 is 12.4 Å². The van der Waals surface area contributed by atoms with Crippen LogP contribution in [0.2, 0.25) is 0 Å². The highest BCUT2D eigenvalue weighted by Gasteiger charge is 2.29. The summed E-state index contributed by atoms with van der Waals surface area (Å²) in [5.41, 5.74) is 1.72. The van der Waals surface area contributed by atoms with Crippen molar-refractivity contribution in [1.82, 2.24) is 20.5 Å². The molecule has 1 atom stereocenters. The van der Waals surface area contributed by atoms with Crippen LogP contribution in [0.5, 0.6) is 0 Å². The first kappa shape index (κ1) is 16.9. The monoisotopic (exact) mass is 347 g/mol. The second-order valence-electron chi connectivity index (χ2n) is 6.60. The van der Waals surface area contributed by atoms with Gasteiger partial charge in [0, 0.05) is 23.1 Å². The highest BCUT2D eigenvalue weighted by molar-refractivity contribution is 5.93. The largest absolute Gasteiger partial charge is 0.326 e. The zero-order valence-electron chi connectivity index (χ0n) is 13.6. The molecular formula is C17H22ClN5O. The van der Waals surface area contributed by atoms with E-state index >= 15 is 0 Å². The number of H-pyrrole nitrogens is 1. The minimum absolute atomic E-state index is 0. The molecule has 7 heteroatoms. The Labute approximate surface area is 147 Å². The van der Waals surface area contributed by atoms with E-state index in [0.717, 1.165) is 30.2 Å². The number of rotatable bonds is 5. The first-order chi connectivity index (χ1) is 11.2. The Kier molecular flexibility index (Phi) is 4.87. The van der Waals surface area contributed by atoms with E-state index in [1.54, 1.807) is 0 Å². The zero-order chi connectivity index (χ0) is 15.8. The number of halogens is 1. The van der Waals surface area contributed by atoms with Crippen molar-refractivity contribution in [3.8, 4) is 11.4 Å². The first-order valence-corrected chi connectivity index (χ1v) is 8.25. The minimum atomic E-state index is 0. The van der Waals surface area contributed by atoms with E-state index in [1.165, 1.54) is 12.8 Å². The maximum absolute atomic E-state index is 12.3. The summed E-state index contributed by atoms with van der Waals surface area (Å²) in [6, 6.07) is 7.73. The molecule has 0 spiro atoms. The van der Waals surface area contributed by atoms with Crippen molar-refractivity contribution in [2.24, 2.45) is 11.8 Å². The third kappa shape index (κ3) is 3.44. The summed E-state index contributed by atoms with van der Waals surface area (Å²) in [5.74, 6) is 2.75. The second kappa shape index (κ2) is 6.91. The number of benzene rings is 1. The molecule has 0 bridgehead atoms. The van der Waals surface area contributed by atoms with Crippen LogP contribution in [0, 0.1) is 11.8 Å². The van der Waals surface area contributed by atoms with Crippen LogP contribution < -0.4 is 10.6 Å². The maximum Gasteiger partial charge on any atom is 0.227 e. The molecule has 1 saturated carbocycles. The Hall–Kier alpha value is -1.92. The Balaban J connectivity index is 0.00000169. The van der Waals surface area contributed by atoms with Gasteiger partial charge in [-0.1, -0.05) is 19.1 Å². The third-order valence-corrected chi connectivity index (χ3v) is 4.79. The van der Waals surface area contributed by atoms with Gasteiger partial charge >= 0.3 is 0 Å². The standard InChI is InChI=1S/C17H21N5O.ClH/c1-10(13-8-18-9-13)17(23)19-14-4-2-3-12(7-14)16-20-15(21-22-16)11-5-6-11;/h2-4,7,10-11,13,18H,5-6,8-9H2,1H3,(H,19,23)(H,20,21,22);1H. The highest BCUT2D eigenvalue weighted by Crippen LogP contribution is 2.38. The molecule has 1 saturated heterocycles. The van der Waals surface area contributed by atoms with Gasteiger partial charge in [0.1, 0.15) is 5.82 Å². The van der Waals surface area contributed by atoms with Crippen LogP contribution in [-0.4, -0.2) is 34.2 Å². The molecule has 3 N–H and O–H groups in total. The van der Waals surface area contributed by atoms with E-state index in [4.69, 9.17) is 0 Å². The number of nitrogens with one attached hydrogen (secondary N) is 3. The quantitative estimate of drug-likeness (QED) is 0.776. The molecule has 1 aromatic heterocycles. The number of carbonyl (C=O) groups is 1. The Morgan fingerprint density at radius 1 is 1.33 bits per heavy atom. The maximum atomic E-state index is 12.3. The van der Waals surface area contributed by atoms with E-state index in [9.17, 15) is 4.79 Å². The fraction of sp³-hybridized carbons (Fsp3) is 0.471. The number of aromatic nitrogens is 3. The molecule has 1 aromatic carbocycles. The Morgan fingerprint density at radius 2 is 2.12 bits per heavy atom. The Morgan fingerprint density at radius 3 is 2.79 bits per heavy atom. The van der Waals surface area contributed by atoms with Gasteiger partial charge < -0.3 is 10.6 Å². The van der Waals surface area contributed by atoms with Gasteiger partial charge in [-0.15, -0.1) is 12.4 Å². The van der Waals surface area contributed by atoms with Crippen LogP contribution in [-0.2, 0) is 4.79 Å². The molecule has 0 radical (unpaired) electrons. The molecule has 1 aliphatic heterocycles. The molecule has 1 amide bonds. The lowest BCUT2D eigenvalue weighted by molar-refractivity contribution is -0.121. The molecule has 2 aromatic rings. The number of aromatic amines is 1. The summed E-state index contributed by atoms with van der Waals surface area (Å²) in [6.45, 7) is 3.84. The fourth-order valence-corrected chi connectivity index (χ4v) is 2.81. The summed E-state index contributed by atoms with van der Waals surface area (Å²) in [4.78, 5) is 16.9. The van der Waals surface area contributed by atoms with Gasteiger partial charge in [0.15, 0.2) is 5.82 Å². The number of anilines is 1. The van der Waals surface area contributed by atoms with E-state index < -0.39 is 0 Å². The summed E-state index contributed by atoms with van der Waals surface area (Å²) in [7, 11) is 0. The number of hydrogen-bond donors (Lipinski definition) is 3. The predicted octanol–water partition coefficient (Wildman–Crippen LogP) is 2.56. The lowest BCUT2D eigenvalue weighted by Crippen LogP contribution is -2.48. The van der Waals surface area contributed by atoms with Crippen LogP contribution in [0.3, 0.4) is 0 Å². The van der Waals surface area contributed by atoms with Crippen LogP contribution in [0.25, 0.3) is 11.4 Å². The molecule has 6 nitrogen and oxygen atoms in total. The average molecular weight is 348 g/mol. The molecule has 2 aliphatic rings. The van der Waals surface area contributed by atoms with Crippen molar-refractivity contribution in [2.75, 3.05) is 18.4 Å². The molecule has 1 unspecified atom stereocenters.